The second-order valence-corrected chi connectivity index (χ2v) is 17.5. The van der Waals surface area contributed by atoms with Gasteiger partial charge < -0.3 is 9.13 Å². The second kappa shape index (κ2) is 10.9. The molecule has 0 atom stereocenters. The number of aromatic nitrogens is 2. The van der Waals surface area contributed by atoms with E-state index >= 15 is 0 Å². The van der Waals surface area contributed by atoms with Crippen LogP contribution in [-0.4, -0.2) is 9.13 Å². The number of hydrogen-bond donors (Lipinski definition) is 0. The standard InChI is InChI=1S/C50H40N2S/c1-49(2)25-26-50(3,4)42-29-33(20-22-41(42)49)51-43-14-8-5-11-35(43)39-27-31(17-23-45(39)51)32-18-24-46-40(28-32)36-12-6-9-15-44(36)52(46)34-19-21-38-37-13-7-10-16-47(37)53-48(38)30-34/h5-24,27-30H,25-26H2,1-4H3. The summed E-state index contributed by atoms with van der Waals surface area (Å²) < 4.78 is 7.58. The van der Waals surface area contributed by atoms with E-state index in [0.717, 1.165) is 0 Å². The average Bonchev–Trinajstić information content (AvgIpc) is 3.83. The van der Waals surface area contributed by atoms with Crippen molar-refractivity contribution < 1.29 is 0 Å². The van der Waals surface area contributed by atoms with Crippen LogP contribution in [-0.2, 0) is 10.8 Å². The maximum absolute atomic E-state index is 2.48. The van der Waals surface area contributed by atoms with E-state index in [1.54, 1.807) is 0 Å². The van der Waals surface area contributed by atoms with Gasteiger partial charge in [0.1, 0.15) is 0 Å². The van der Waals surface area contributed by atoms with Crippen LogP contribution in [0.4, 0.5) is 0 Å². The first kappa shape index (κ1) is 30.9. The van der Waals surface area contributed by atoms with Crippen LogP contribution in [0.15, 0.2) is 146 Å². The molecule has 53 heavy (non-hydrogen) atoms. The van der Waals surface area contributed by atoms with Gasteiger partial charge in [0.05, 0.1) is 22.1 Å². The number of para-hydroxylation sites is 2. The molecule has 0 N–H and O–H groups in total. The number of benzene rings is 7. The molecule has 1 aliphatic rings. The molecule has 0 aliphatic heterocycles. The first-order valence-electron chi connectivity index (χ1n) is 18.9. The van der Waals surface area contributed by atoms with Crippen molar-refractivity contribution in [3.8, 4) is 22.5 Å². The molecule has 11 rings (SSSR count). The normalized spacial score (nSPS) is 15.3. The third-order valence-electron chi connectivity index (χ3n) is 12.4. The molecule has 0 saturated heterocycles. The molecule has 0 spiro atoms. The fourth-order valence-corrected chi connectivity index (χ4v) is 10.6. The SMILES string of the molecule is CC1(C)CCC(C)(C)c2cc(-n3c4ccccc4c4cc(-c5ccc6c(c5)c5ccccc5n6-c5ccc6c(c5)sc5ccccc56)ccc43)ccc21. The zero-order valence-electron chi connectivity index (χ0n) is 30.6. The number of rotatable bonds is 3. The van der Waals surface area contributed by atoms with Gasteiger partial charge in [0, 0.05) is 53.1 Å². The summed E-state index contributed by atoms with van der Waals surface area (Å²) in [5.74, 6) is 0. The topological polar surface area (TPSA) is 9.86 Å². The Bertz CT molecular complexity index is 3130. The Hall–Kier alpha value is -5.64. The summed E-state index contributed by atoms with van der Waals surface area (Å²) in [6.07, 6.45) is 2.43. The fourth-order valence-electron chi connectivity index (χ4n) is 9.43. The van der Waals surface area contributed by atoms with Crippen molar-refractivity contribution in [2.24, 2.45) is 0 Å². The van der Waals surface area contributed by atoms with Crippen LogP contribution < -0.4 is 0 Å². The third kappa shape index (κ3) is 4.50. The lowest BCUT2D eigenvalue weighted by atomic mass is 9.63. The second-order valence-electron chi connectivity index (χ2n) is 16.4. The third-order valence-corrected chi connectivity index (χ3v) is 13.5. The van der Waals surface area contributed by atoms with Gasteiger partial charge in [0.2, 0.25) is 0 Å². The lowest BCUT2D eigenvalue weighted by molar-refractivity contribution is 0.332. The van der Waals surface area contributed by atoms with Crippen molar-refractivity contribution in [1.82, 2.24) is 9.13 Å². The zero-order valence-corrected chi connectivity index (χ0v) is 31.4. The highest BCUT2D eigenvalue weighted by Crippen LogP contribution is 2.47. The quantitative estimate of drug-likeness (QED) is 0.174. The van der Waals surface area contributed by atoms with Crippen molar-refractivity contribution in [3.63, 3.8) is 0 Å². The maximum atomic E-state index is 2.48. The summed E-state index contributed by atoms with van der Waals surface area (Å²) >= 11 is 1.88. The Kier molecular flexibility index (Phi) is 6.39. The molecule has 3 aromatic heterocycles. The van der Waals surface area contributed by atoms with Crippen LogP contribution in [0, 0.1) is 0 Å². The van der Waals surface area contributed by atoms with Crippen LogP contribution in [0.25, 0.3) is 86.3 Å². The van der Waals surface area contributed by atoms with Crippen molar-refractivity contribution in [1.29, 1.82) is 0 Å². The van der Waals surface area contributed by atoms with Gasteiger partial charge >= 0.3 is 0 Å². The van der Waals surface area contributed by atoms with E-state index in [1.807, 2.05) is 11.3 Å². The zero-order chi connectivity index (χ0) is 35.6. The summed E-state index contributed by atoms with van der Waals surface area (Å²) in [6.45, 7) is 9.65. The minimum Gasteiger partial charge on any atom is -0.309 e. The van der Waals surface area contributed by atoms with Gasteiger partial charge in [0.15, 0.2) is 0 Å². The van der Waals surface area contributed by atoms with Gasteiger partial charge in [-0.2, -0.15) is 0 Å². The van der Waals surface area contributed by atoms with Crippen molar-refractivity contribution >= 4 is 75.1 Å². The van der Waals surface area contributed by atoms with E-state index in [-0.39, 0.29) is 10.8 Å². The van der Waals surface area contributed by atoms with Crippen LogP contribution >= 0.6 is 11.3 Å². The highest BCUT2D eigenvalue weighted by molar-refractivity contribution is 7.25. The lowest BCUT2D eigenvalue weighted by Gasteiger charge is -2.42. The van der Waals surface area contributed by atoms with Gasteiger partial charge in [-0.05, 0) is 113 Å². The monoisotopic (exact) mass is 700 g/mol. The molecule has 10 aromatic rings. The molecule has 0 bridgehead atoms. The molecule has 7 aromatic carbocycles. The van der Waals surface area contributed by atoms with Crippen LogP contribution in [0.5, 0.6) is 0 Å². The van der Waals surface area contributed by atoms with E-state index in [1.165, 1.54) is 110 Å². The molecule has 0 amide bonds. The van der Waals surface area contributed by atoms with Crippen molar-refractivity contribution in [3.05, 3.63) is 157 Å². The minimum atomic E-state index is 0.153. The van der Waals surface area contributed by atoms with Gasteiger partial charge in [-0.25, -0.2) is 0 Å². The van der Waals surface area contributed by atoms with Gasteiger partial charge in [0.25, 0.3) is 0 Å². The minimum absolute atomic E-state index is 0.153. The van der Waals surface area contributed by atoms with Gasteiger partial charge in [-0.3, -0.25) is 0 Å². The smallest absolute Gasteiger partial charge is 0.0541 e. The van der Waals surface area contributed by atoms with E-state index in [4.69, 9.17) is 0 Å². The largest absolute Gasteiger partial charge is 0.309 e. The Morgan fingerprint density at radius 3 is 1.53 bits per heavy atom. The molecular weight excluding hydrogens is 661 g/mol. The first-order chi connectivity index (χ1) is 25.7. The Morgan fingerprint density at radius 2 is 0.887 bits per heavy atom. The Labute approximate surface area is 313 Å². The Morgan fingerprint density at radius 1 is 0.396 bits per heavy atom. The molecule has 2 nitrogen and oxygen atoms in total. The molecule has 0 unspecified atom stereocenters. The first-order valence-corrected chi connectivity index (χ1v) is 19.7. The Balaban J connectivity index is 1.07. The fraction of sp³-hybridized carbons (Fsp3) is 0.160. The number of nitrogens with zero attached hydrogens (tertiary/aromatic N) is 2. The lowest BCUT2D eigenvalue weighted by Crippen LogP contribution is -2.33. The summed E-state index contributed by atoms with van der Waals surface area (Å²) in [6, 6.07) is 54.8. The molecule has 3 heterocycles. The summed E-state index contributed by atoms with van der Waals surface area (Å²) in [5.41, 5.74) is 13.2. The highest BCUT2D eigenvalue weighted by Gasteiger charge is 2.37. The average molecular weight is 701 g/mol. The molecule has 256 valence electrons. The summed E-state index contributed by atoms with van der Waals surface area (Å²) in [5, 5.41) is 7.79. The van der Waals surface area contributed by atoms with E-state index < -0.39 is 0 Å². The van der Waals surface area contributed by atoms with Gasteiger partial charge in [-0.1, -0.05) is 107 Å². The van der Waals surface area contributed by atoms with E-state index in [0.29, 0.717) is 0 Å². The van der Waals surface area contributed by atoms with Crippen molar-refractivity contribution in [2.45, 2.75) is 51.4 Å². The predicted molar refractivity (Wildman–Crippen MR) is 229 cm³/mol. The molecule has 0 fully saturated rings. The maximum Gasteiger partial charge on any atom is 0.0541 e. The molecule has 0 radical (unpaired) electrons. The van der Waals surface area contributed by atoms with Crippen LogP contribution in [0.3, 0.4) is 0 Å². The van der Waals surface area contributed by atoms with Gasteiger partial charge in [-0.15, -0.1) is 11.3 Å². The van der Waals surface area contributed by atoms with Crippen molar-refractivity contribution in [2.75, 3.05) is 0 Å². The van der Waals surface area contributed by atoms with E-state index in [9.17, 15) is 0 Å². The highest BCUT2D eigenvalue weighted by atomic mass is 32.1. The van der Waals surface area contributed by atoms with Crippen LogP contribution in [0.1, 0.15) is 51.7 Å². The predicted octanol–water partition coefficient (Wildman–Crippen LogP) is 14.3. The van der Waals surface area contributed by atoms with Crippen LogP contribution in [0.2, 0.25) is 0 Å². The molecular formula is C50H40N2S. The summed E-state index contributed by atoms with van der Waals surface area (Å²) in [4.78, 5) is 0. The van der Waals surface area contributed by atoms with E-state index in [2.05, 4.69) is 182 Å². The summed E-state index contributed by atoms with van der Waals surface area (Å²) in [7, 11) is 0. The molecule has 0 saturated carbocycles. The number of fused-ring (bicyclic) bond motifs is 10. The molecule has 1 aliphatic carbocycles. The number of hydrogen-bond acceptors (Lipinski definition) is 1. The molecule has 3 heteroatoms. The number of thiophene rings is 1.